The first-order chi connectivity index (χ1) is 7.17. The predicted octanol–water partition coefficient (Wildman–Crippen LogP) is 4.01. The van der Waals surface area contributed by atoms with Crippen molar-refractivity contribution in [3.05, 3.63) is 9.47 Å². The SMILES string of the molecule is CC[C@@H](C=C(Br)Br)C(=N)C(=O)OC(C)(C)C. The second-order valence-corrected chi connectivity index (χ2v) is 7.16. The Morgan fingerprint density at radius 3 is 2.25 bits per heavy atom. The number of carbonyl (C=O) groups is 1. The highest BCUT2D eigenvalue weighted by atomic mass is 79.9. The van der Waals surface area contributed by atoms with Crippen molar-refractivity contribution in [1.82, 2.24) is 0 Å². The van der Waals surface area contributed by atoms with Crippen LogP contribution >= 0.6 is 31.9 Å². The van der Waals surface area contributed by atoms with Crippen LogP contribution < -0.4 is 0 Å². The number of esters is 1. The highest BCUT2D eigenvalue weighted by molar-refractivity contribution is 9.28. The summed E-state index contributed by atoms with van der Waals surface area (Å²) in [4.78, 5) is 11.6. The van der Waals surface area contributed by atoms with Gasteiger partial charge in [-0.1, -0.05) is 13.0 Å². The highest BCUT2D eigenvalue weighted by Gasteiger charge is 2.24. The molecular formula is C11H17Br2NO2. The number of rotatable bonds is 4. The number of hydrogen-bond donors (Lipinski definition) is 1. The fourth-order valence-corrected chi connectivity index (χ4v) is 1.68. The fraction of sp³-hybridized carbons (Fsp3) is 0.636. The van der Waals surface area contributed by atoms with Crippen LogP contribution in [0.1, 0.15) is 34.1 Å². The molecule has 0 aliphatic carbocycles. The Bertz CT molecular complexity index is 302. The van der Waals surface area contributed by atoms with E-state index >= 15 is 0 Å². The Morgan fingerprint density at radius 2 is 1.94 bits per heavy atom. The molecule has 0 aliphatic rings. The second kappa shape index (κ2) is 6.55. The van der Waals surface area contributed by atoms with Crippen LogP contribution in [0.25, 0.3) is 0 Å². The molecule has 0 amide bonds. The normalized spacial score (nSPS) is 12.9. The molecule has 0 saturated carbocycles. The summed E-state index contributed by atoms with van der Waals surface area (Å²) >= 11 is 6.45. The summed E-state index contributed by atoms with van der Waals surface area (Å²) in [5.74, 6) is -0.791. The monoisotopic (exact) mass is 353 g/mol. The van der Waals surface area contributed by atoms with Gasteiger partial charge in [-0.15, -0.1) is 0 Å². The summed E-state index contributed by atoms with van der Waals surface area (Å²) < 4.78 is 5.88. The zero-order valence-electron chi connectivity index (χ0n) is 9.93. The van der Waals surface area contributed by atoms with Crippen LogP contribution in [0.4, 0.5) is 0 Å². The van der Waals surface area contributed by atoms with Crippen LogP contribution in [0.5, 0.6) is 0 Å². The number of halogens is 2. The van der Waals surface area contributed by atoms with E-state index in [0.29, 0.717) is 6.42 Å². The van der Waals surface area contributed by atoms with Crippen molar-refractivity contribution in [2.45, 2.75) is 39.7 Å². The zero-order chi connectivity index (χ0) is 12.9. The van der Waals surface area contributed by atoms with Gasteiger partial charge < -0.3 is 4.74 Å². The maximum Gasteiger partial charge on any atom is 0.353 e. The van der Waals surface area contributed by atoms with Crippen molar-refractivity contribution >= 4 is 43.5 Å². The first kappa shape index (κ1) is 15.8. The lowest BCUT2D eigenvalue weighted by atomic mass is 10.0. The standard InChI is InChI=1S/C11H17Br2NO2/c1-5-7(6-8(12)13)9(14)10(15)16-11(2,3)4/h6-7,14H,5H2,1-4H3/t7-/m0/s1. The van der Waals surface area contributed by atoms with E-state index in [1.54, 1.807) is 26.8 Å². The Hall–Kier alpha value is -0.160. The maximum atomic E-state index is 11.6. The lowest BCUT2D eigenvalue weighted by molar-refractivity contribution is -0.146. The van der Waals surface area contributed by atoms with Crippen LogP contribution in [0.15, 0.2) is 9.47 Å². The van der Waals surface area contributed by atoms with E-state index in [0.717, 1.165) is 3.39 Å². The average Bonchev–Trinajstić information content (AvgIpc) is 2.09. The maximum absolute atomic E-state index is 11.6. The van der Waals surface area contributed by atoms with Crippen molar-refractivity contribution in [2.24, 2.45) is 5.92 Å². The Kier molecular flexibility index (Phi) is 6.48. The smallest absolute Gasteiger partial charge is 0.353 e. The van der Waals surface area contributed by atoms with E-state index in [1.807, 2.05) is 6.92 Å². The number of nitrogens with one attached hydrogen (secondary N) is 1. The minimum Gasteiger partial charge on any atom is -0.455 e. The lowest BCUT2D eigenvalue weighted by Gasteiger charge is -2.21. The molecular weight excluding hydrogens is 338 g/mol. The van der Waals surface area contributed by atoms with Crippen LogP contribution in [-0.4, -0.2) is 17.3 Å². The molecule has 3 nitrogen and oxygen atoms in total. The summed E-state index contributed by atoms with van der Waals surface area (Å²) in [6, 6.07) is 0. The second-order valence-electron chi connectivity index (χ2n) is 4.39. The molecule has 0 radical (unpaired) electrons. The number of allylic oxidation sites excluding steroid dienone is 1. The van der Waals surface area contributed by atoms with E-state index in [1.165, 1.54) is 0 Å². The van der Waals surface area contributed by atoms with E-state index in [4.69, 9.17) is 10.1 Å². The van der Waals surface area contributed by atoms with E-state index in [9.17, 15) is 4.79 Å². The van der Waals surface area contributed by atoms with Gasteiger partial charge >= 0.3 is 5.97 Å². The number of carbonyl (C=O) groups excluding carboxylic acids is 1. The predicted molar refractivity (Wildman–Crippen MR) is 73.3 cm³/mol. The third-order valence-electron chi connectivity index (χ3n) is 1.76. The van der Waals surface area contributed by atoms with Crippen LogP contribution in [0.2, 0.25) is 0 Å². The Morgan fingerprint density at radius 1 is 1.44 bits per heavy atom. The number of ether oxygens (including phenoxy) is 1. The minimum absolute atomic E-state index is 0.0196. The van der Waals surface area contributed by atoms with Crippen molar-refractivity contribution < 1.29 is 9.53 Å². The van der Waals surface area contributed by atoms with Crippen molar-refractivity contribution in [3.63, 3.8) is 0 Å². The Labute approximate surface area is 113 Å². The van der Waals surface area contributed by atoms with E-state index in [-0.39, 0.29) is 11.6 Å². The van der Waals surface area contributed by atoms with Gasteiger partial charge in [-0.3, -0.25) is 5.41 Å². The van der Waals surface area contributed by atoms with Gasteiger partial charge in [0.1, 0.15) is 11.3 Å². The average molecular weight is 355 g/mol. The van der Waals surface area contributed by atoms with E-state index in [2.05, 4.69) is 31.9 Å². The third kappa shape index (κ3) is 6.43. The first-order valence-corrected chi connectivity index (χ1v) is 6.60. The molecule has 0 spiro atoms. The minimum atomic E-state index is -0.559. The van der Waals surface area contributed by atoms with Crippen molar-refractivity contribution in [1.29, 1.82) is 5.41 Å². The molecule has 92 valence electrons. The Balaban J connectivity index is 4.65. The summed E-state index contributed by atoms with van der Waals surface area (Å²) in [5.41, 5.74) is -0.578. The van der Waals surface area contributed by atoms with Gasteiger partial charge in [-0.05, 0) is 59.1 Å². The molecule has 0 aliphatic heterocycles. The summed E-state index contributed by atoms with van der Waals surface area (Å²) in [5, 5.41) is 7.76. The molecule has 1 atom stereocenters. The molecule has 0 aromatic rings. The van der Waals surface area contributed by atoms with Gasteiger partial charge in [0.25, 0.3) is 0 Å². The molecule has 0 aromatic heterocycles. The van der Waals surface area contributed by atoms with Gasteiger partial charge in [-0.25, -0.2) is 4.79 Å². The molecule has 0 fully saturated rings. The van der Waals surface area contributed by atoms with Crippen LogP contribution in [-0.2, 0) is 9.53 Å². The zero-order valence-corrected chi connectivity index (χ0v) is 13.1. The van der Waals surface area contributed by atoms with Gasteiger partial charge in [0.15, 0.2) is 0 Å². The number of hydrogen-bond acceptors (Lipinski definition) is 3. The van der Waals surface area contributed by atoms with Crippen LogP contribution in [0.3, 0.4) is 0 Å². The summed E-state index contributed by atoms with van der Waals surface area (Å²) in [6.45, 7) is 7.28. The summed E-state index contributed by atoms with van der Waals surface area (Å²) in [6.07, 6.45) is 2.45. The lowest BCUT2D eigenvalue weighted by Crippen LogP contribution is -2.31. The van der Waals surface area contributed by atoms with Crippen LogP contribution in [0, 0.1) is 11.3 Å². The quantitative estimate of drug-likeness (QED) is 0.612. The summed E-state index contributed by atoms with van der Waals surface area (Å²) in [7, 11) is 0. The fourth-order valence-electron chi connectivity index (χ4n) is 1.04. The van der Waals surface area contributed by atoms with Gasteiger partial charge in [0.05, 0.1) is 3.39 Å². The van der Waals surface area contributed by atoms with E-state index < -0.39 is 11.6 Å². The molecule has 5 heteroatoms. The molecule has 16 heavy (non-hydrogen) atoms. The van der Waals surface area contributed by atoms with Gasteiger partial charge in [-0.2, -0.15) is 0 Å². The third-order valence-corrected chi connectivity index (χ3v) is 2.29. The molecule has 0 rings (SSSR count). The molecule has 1 N–H and O–H groups in total. The van der Waals surface area contributed by atoms with Gasteiger partial charge in [0.2, 0.25) is 0 Å². The topological polar surface area (TPSA) is 50.2 Å². The molecule has 0 bridgehead atoms. The van der Waals surface area contributed by atoms with Gasteiger partial charge in [0, 0.05) is 5.92 Å². The molecule has 0 aromatic carbocycles. The highest BCUT2D eigenvalue weighted by Crippen LogP contribution is 2.20. The molecule has 0 saturated heterocycles. The van der Waals surface area contributed by atoms with Crippen molar-refractivity contribution in [3.8, 4) is 0 Å². The largest absolute Gasteiger partial charge is 0.455 e. The molecule has 0 heterocycles. The van der Waals surface area contributed by atoms with Crippen molar-refractivity contribution in [2.75, 3.05) is 0 Å². The first-order valence-electron chi connectivity index (χ1n) is 5.02. The molecule has 0 unspecified atom stereocenters.